The van der Waals surface area contributed by atoms with Crippen molar-refractivity contribution >= 4 is 29.4 Å². The molecule has 0 unspecified atom stereocenters. The fraction of sp³-hybridized carbons (Fsp3) is 0.500. The van der Waals surface area contributed by atoms with Crippen LogP contribution >= 0.6 is 11.8 Å². The summed E-state index contributed by atoms with van der Waals surface area (Å²) in [6.07, 6.45) is 1.96. The molecule has 3 rings (SSSR count). The summed E-state index contributed by atoms with van der Waals surface area (Å²) in [5, 5.41) is 14.3. The predicted molar refractivity (Wildman–Crippen MR) is 115 cm³/mol. The highest BCUT2D eigenvalue weighted by molar-refractivity contribution is 7.99. The molecule has 9 heteroatoms. The van der Waals surface area contributed by atoms with Gasteiger partial charge in [-0.15, -0.1) is 10.2 Å². The molecule has 0 atom stereocenters. The highest BCUT2D eigenvalue weighted by Gasteiger charge is 2.24. The number of imide groups is 1. The molecular formula is C20H28N6O2S. The fourth-order valence-corrected chi connectivity index (χ4v) is 3.85. The van der Waals surface area contributed by atoms with Gasteiger partial charge in [-0.2, -0.15) is 0 Å². The summed E-state index contributed by atoms with van der Waals surface area (Å²) in [5.74, 6) is 0.536. The summed E-state index contributed by atoms with van der Waals surface area (Å²) in [7, 11) is 0. The number of urea groups is 1. The monoisotopic (exact) mass is 416 g/mol. The molecular weight excluding hydrogens is 388 g/mol. The third-order valence-corrected chi connectivity index (χ3v) is 5.75. The molecule has 156 valence electrons. The Morgan fingerprint density at radius 1 is 1.14 bits per heavy atom. The normalized spacial score (nSPS) is 13.2. The zero-order chi connectivity index (χ0) is 20.8. The number of aromatic nitrogens is 3. The van der Waals surface area contributed by atoms with Gasteiger partial charge in [0.1, 0.15) is 0 Å². The molecule has 2 aromatic rings. The van der Waals surface area contributed by atoms with E-state index in [1.807, 2.05) is 23.6 Å². The summed E-state index contributed by atoms with van der Waals surface area (Å²) < 4.78 is 1.98. The Hall–Kier alpha value is -2.55. The number of anilines is 1. The van der Waals surface area contributed by atoms with Gasteiger partial charge in [0.2, 0.25) is 5.91 Å². The van der Waals surface area contributed by atoms with E-state index in [0.29, 0.717) is 11.7 Å². The topological polar surface area (TPSA) is 92.2 Å². The number of nitrogens with zero attached hydrogens (tertiary/aromatic N) is 4. The lowest BCUT2D eigenvalue weighted by molar-refractivity contribution is -0.117. The van der Waals surface area contributed by atoms with E-state index in [4.69, 9.17) is 0 Å². The molecule has 1 aliphatic carbocycles. The second-order valence-electron chi connectivity index (χ2n) is 6.85. The van der Waals surface area contributed by atoms with E-state index < -0.39 is 6.03 Å². The molecule has 2 N–H and O–H groups in total. The highest BCUT2D eigenvalue weighted by Crippen LogP contribution is 2.26. The van der Waals surface area contributed by atoms with Crippen molar-refractivity contribution in [2.45, 2.75) is 51.4 Å². The van der Waals surface area contributed by atoms with E-state index >= 15 is 0 Å². The van der Waals surface area contributed by atoms with Gasteiger partial charge >= 0.3 is 6.03 Å². The Bertz CT molecular complexity index is 843. The lowest BCUT2D eigenvalue weighted by Crippen LogP contribution is -2.41. The van der Waals surface area contributed by atoms with Crippen molar-refractivity contribution in [2.75, 3.05) is 23.7 Å². The van der Waals surface area contributed by atoms with Crippen molar-refractivity contribution in [3.8, 4) is 11.4 Å². The van der Waals surface area contributed by atoms with E-state index in [1.54, 1.807) is 0 Å². The summed E-state index contributed by atoms with van der Waals surface area (Å²) >= 11 is 1.28. The van der Waals surface area contributed by atoms with Gasteiger partial charge in [-0.25, -0.2) is 4.79 Å². The number of rotatable bonds is 9. The van der Waals surface area contributed by atoms with Crippen molar-refractivity contribution in [3.05, 3.63) is 24.3 Å². The van der Waals surface area contributed by atoms with E-state index in [1.165, 1.54) is 17.4 Å². The standard InChI is InChI=1S/C20H28N6O2S/c1-4-25(5-2)16-11-7-14(8-12-16)18-23-24-20(26(18)6-3)29-13-17(27)22-19(28)21-15-9-10-15/h7-8,11-12,15H,4-6,9-10,13H2,1-3H3,(H2,21,22,27,28). The lowest BCUT2D eigenvalue weighted by Gasteiger charge is -2.21. The zero-order valence-corrected chi connectivity index (χ0v) is 18.0. The summed E-state index contributed by atoms with van der Waals surface area (Å²) in [4.78, 5) is 26.0. The van der Waals surface area contributed by atoms with Crippen molar-refractivity contribution in [2.24, 2.45) is 0 Å². The lowest BCUT2D eigenvalue weighted by atomic mass is 10.2. The molecule has 0 aliphatic heterocycles. The number of benzene rings is 1. The van der Waals surface area contributed by atoms with Crippen LogP contribution in [-0.4, -0.2) is 51.6 Å². The Labute approximate surface area is 175 Å². The van der Waals surface area contributed by atoms with Gasteiger partial charge in [-0.3, -0.25) is 10.1 Å². The quantitative estimate of drug-likeness (QED) is 0.611. The van der Waals surface area contributed by atoms with Gasteiger partial charge in [0.15, 0.2) is 11.0 Å². The van der Waals surface area contributed by atoms with Crippen LogP contribution < -0.4 is 15.5 Å². The SMILES string of the molecule is CCN(CC)c1ccc(-c2nnc(SCC(=O)NC(=O)NC3CC3)n2CC)cc1. The number of hydrogen-bond donors (Lipinski definition) is 2. The maximum atomic E-state index is 12.0. The summed E-state index contributed by atoms with van der Waals surface area (Å²) in [5.41, 5.74) is 2.16. The van der Waals surface area contributed by atoms with E-state index in [0.717, 1.165) is 37.3 Å². The van der Waals surface area contributed by atoms with Crippen LogP contribution in [0, 0.1) is 0 Å². The van der Waals surface area contributed by atoms with Crippen LogP contribution in [0.25, 0.3) is 11.4 Å². The van der Waals surface area contributed by atoms with Gasteiger partial charge in [0.25, 0.3) is 0 Å². The number of carbonyl (C=O) groups excluding carboxylic acids is 2. The maximum Gasteiger partial charge on any atom is 0.321 e. The molecule has 1 aromatic heterocycles. The van der Waals surface area contributed by atoms with Crippen molar-refractivity contribution in [1.29, 1.82) is 0 Å². The van der Waals surface area contributed by atoms with Crippen LogP contribution in [0.15, 0.2) is 29.4 Å². The smallest absolute Gasteiger partial charge is 0.321 e. The van der Waals surface area contributed by atoms with Gasteiger partial charge in [-0.05, 0) is 57.9 Å². The van der Waals surface area contributed by atoms with Crippen molar-refractivity contribution in [1.82, 2.24) is 25.4 Å². The van der Waals surface area contributed by atoms with E-state index in [-0.39, 0.29) is 17.7 Å². The van der Waals surface area contributed by atoms with Crippen LogP contribution in [-0.2, 0) is 11.3 Å². The number of nitrogens with one attached hydrogen (secondary N) is 2. The molecule has 29 heavy (non-hydrogen) atoms. The van der Waals surface area contributed by atoms with Crippen molar-refractivity contribution in [3.63, 3.8) is 0 Å². The van der Waals surface area contributed by atoms with Crippen LogP contribution in [0.4, 0.5) is 10.5 Å². The zero-order valence-electron chi connectivity index (χ0n) is 17.1. The third-order valence-electron chi connectivity index (χ3n) is 4.79. The molecule has 1 aromatic carbocycles. The van der Waals surface area contributed by atoms with E-state index in [9.17, 15) is 9.59 Å². The molecule has 1 fully saturated rings. The van der Waals surface area contributed by atoms with E-state index in [2.05, 4.69) is 51.7 Å². The Morgan fingerprint density at radius 2 is 1.83 bits per heavy atom. The molecule has 0 saturated heterocycles. The fourth-order valence-electron chi connectivity index (χ4n) is 3.05. The Balaban J connectivity index is 1.63. The first-order chi connectivity index (χ1) is 14.0. The summed E-state index contributed by atoms with van der Waals surface area (Å²) in [6, 6.07) is 8.07. The average Bonchev–Trinajstić information content (AvgIpc) is 3.43. The van der Waals surface area contributed by atoms with Gasteiger partial charge in [0.05, 0.1) is 5.75 Å². The molecule has 0 bridgehead atoms. The first-order valence-corrected chi connectivity index (χ1v) is 11.1. The number of hydrogen-bond acceptors (Lipinski definition) is 6. The minimum atomic E-state index is -0.427. The first kappa shape index (κ1) is 21.2. The van der Waals surface area contributed by atoms with Crippen molar-refractivity contribution < 1.29 is 9.59 Å². The highest BCUT2D eigenvalue weighted by atomic mass is 32.2. The first-order valence-electron chi connectivity index (χ1n) is 10.1. The minimum absolute atomic E-state index is 0.108. The minimum Gasteiger partial charge on any atom is -0.372 e. The molecule has 3 amide bonds. The average molecular weight is 417 g/mol. The number of carbonyl (C=O) groups is 2. The Morgan fingerprint density at radius 3 is 2.41 bits per heavy atom. The van der Waals surface area contributed by atoms with Crippen LogP contribution in [0.3, 0.4) is 0 Å². The second kappa shape index (κ2) is 9.78. The van der Waals surface area contributed by atoms with Gasteiger partial charge < -0.3 is 14.8 Å². The molecule has 1 heterocycles. The maximum absolute atomic E-state index is 12.0. The second-order valence-corrected chi connectivity index (χ2v) is 7.80. The predicted octanol–water partition coefficient (Wildman–Crippen LogP) is 2.89. The molecule has 0 radical (unpaired) electrons. The number of amides is 3. The molecule has 8 nitrogen and oxygen atoms in total. The Kier molecular flexibility index (Phi) is 7.13. The number of thioether (sulfide) groups is 1. The third kappa shape index (κ3) is 5.50. The molecule has 0 spiro atoms. The largest absolute Gasteiger partial charge is 0.372 e. The van der Waals surface area contributed by atoms with Gasteiger partial charge in [-0.1, -0.05) is 11.8 Å². The molecule has 1 aliphatic rings. The van der Waals surface area contributed by atoms with Gasteiger partial charge in [0, 0.05) is 36.9 Å². The van der Waals surface area contributed by atoms with Crippen LogP contribution in [0.5, 0.6) is 0 Å². The molecule has 1 saturated carbocycles. The summed E-state index contributed by atoms with van der Waals surface area (Å²) in [6.45, 7) is 8.91. The van der Waals surface area contributed by atoms with Crippen LogP contribution in [0.1, 0.15) is 33.6 Å². The van der Waals surface area contributed by atoms with Crippen LogP contribution in [0.2, 0.25) is 0 Å².